The van der Waals surface area contributed by atoms with E-state index in [1.165, 1.54) is 16.8 Å². The Labute approximate surface area is 275 Å². The molecule has 4 rings (SSSR count). The Morgan fingerprint density at radius 1 is 0.841 bits per heavy atom. The van der Waals surface area contributed by atoms with Crippen LogP contribution >= 0.6 is 0 Å². The van der Waals surface area contributed by atoms with E-state index in [0.717, 1.165) is 55.4 Å². The number of carbonyl (C=O) groups excluding carboxylic acids is 2. The first-order chi connectivity index (χ1) is 19.7. The van der Waals surface area contributed by atoms with Gasteiger partial charge < -0.3 is 30.0 Å². The van der Waals surface area contributed by atoms with E-state index in [0.29, 0.717) is 17.4 Å². The van der Waals surface area contributed by atoms with Crippen molar-refractivity contribution in [1.29, 1.82) is 0 Å². The summed E-state index contributed by atoms with van der Waals surface area (Å²) in [4.78, 5) is 28.0. The Kier molecular flexibility index (Phi) is 13.8. The van der Waals surface area contributed by atoms with Crippen molar-refractivity contribution in [2.45, 2.75) is 104 Å². The molecule has 0 heterocycles. The molecule has 3 atom stereocenters. The molecule has 2 saturated carbocycles. The number of benzene rings is 2. The molecule has 0 aliphatic heterocycles. The molecule has 8 nitrogen and oxygen atoms in total. The zero-order chi connectivity index (χ0) is 32.9. The Morgan fingerprint density at radius 3 is 1.64 bits per heavy atom. The molecular formula is C33H48CoN2O6Si2. The number of hydrogen-bond acceptors (Lipinski definition) is 8. The van der Waals surface area contributed by atoms with Crippen molar-refractivity contribution in [2.24, 2.45) is 15.9 Å². The van der Waals surface area contributed by atoms with Gasteiger partial charge in [0.25, 0.3) is 0 Å². The molecule has 2 N–H and O–H groups in total. The minimum atomic E-state index is -1.51. The zero-order valence-electron chi connectivity index (χ0n) is 27.7. The summed E-state index contributed by atoms with van der Waals surface area (Å²) >= 11 is 0. The van der Waals surface area contributed by atoms with Gasteiger partial charge in [0.15, 0.2) is 0 Å². The molecule has 44 heavy (non-hydrogen) atoms. The van der Waals surface area contributed by atoms with Gasteiger partial charge in [-0.1, -0.05) is 73.9 Å². The molecule has 243 valence electrons. The molecule has 0 aromatic heterocycles. The summed E-state index contributed by atoms with van der Waals surface area (Å²) < 4.78 is 0. The fraction of sp³-hybridized carbons (Fsp3) is 0.515. The van der Waals surface area contributed by atoms with E-state index in [2.05, 4.69) is 63.5 Å². The van der Waals surface area contributed by atoms with Gasteiger partial charge in [0.1, 0.15) is 11.5 Å². The quantitative estimate of drug-likeness (QED) is 0.354. The monoisotopic (exact) mass is 683 g/mol. The van der Waals surface area contributed by atoms with E-state index in [1.54, 1.807) is 0 Å². The fourth-order valence-electron chi connectivity index (χ4n) is 5.64. The number of rotatable bonds is 6. The van der Waals surface area contributed by atoms with Crippen LogP contribution in [0.2, 0.25) is 39.3 Å². The molecule has 11 heteroatoms. The summed E-state index contributed by atoms with van der Waals surface area (Å²) in [5.41, 5.74) is 3.27. The van der Waals surface area contributed by atoms with E-state index in [4.69, 9.17) is 29.8 Å². The SMILES string of the molecule is CC(=O)[O-].CC(=O)[O-].Cc1cc([Si](C)(C)C)cc(C=NC2CC3CCC2(N=Cc2cc([Si](C)(C)C)cc(C)c2O)C3)c1O.[Co+2]. The number of carboxylic acids is 2. The molecule has 2 aromatic rings. The third-order valence-corrected chi connectivity index (χ3v) is 12.1. The molecule has 2 bridgehead atoms. The number of nitrogens with zero attached hydrogens (tertiary/aromatic N) is 2. The minimum Gasteiger partial charge on any atom is -0.550 e. The summed E-state index contributed by atoms with van der Waals surface area (Å²) in [5, 5.41) is 41.9. The van der Waals surface area contributed by atoms with Gasteiger partial charge in [0.05, 0.1) is 27.7 Å². The molecule has 0 amide bonds. The van der Waals surface area contributed by atoms with Crippen molar-refractivity contribution in [1.82, 2.24) is 0 Å². The molecule has 0 spiro atoms. The first-order valence-electron chi connectivity index (χ1n) is 14.8. The number of fused-ring (bicyclic) bond motifs is 2. The van der Waals surface area contributed by atoms with Crippen LogP contribution < -0.4 is 20.6 Å². The molecule has 1 radical (unpaired) electrons. The maximum absolute atomic E-state index is 10.8. The standard InChI is InChI=1S/C29H42N2O2Si2.2C2H4O2.Co/c1-19-11-24(34(3,4)5)14-22(27(19)32)17-30-26-13-21-9-10-29(26,16-21)31-18-23-15-25(35(6,7)8)12-20(2)28(23)33;2*1-2(3)4;/h11-12,14-15,17-18,21,26,32-33H,9-10,13,16H2,1-8H3;2*1H3,(H,3,4);/q;;;+2/p-2. The van der Waals surface area contributed by atoms with Gasteiger partial charge in [0, 0.05) is 35.5 Å². The fourth-order valence-corrected chi connectivity index (χ4v) is 8.12. The number of aromatic hydroxyl groups is 2. The second kappa shape index (κ2) is 15.5. The van der Waals surface area contributed by atoms with Crippen molar-refractivity contribution in [3.63, 3.8) is 0 Å². The van der Waals surface area contributed by atoms with Crippen molar-refractivity contribution < 1.29 is 46.8 Å². The second-order valence-electron chi connectivity index (χ2n) is 13.9. The number of aryl methyl sites for hydroxylation is 2. The van der Waals surface area contributed by atoms with Crippen LogP contribution in [-0.4, -0.2) is 62.3 Å². The van der Waals surface area contributed by atoms with Gasteiger partial charge in [-0.05, 0) is 70.4 Å². The molecule has 3 unspecified atom stereocenters. The van der Waals surface area contributed by atoms with Crippen LogP contribution in [0.3, 0.4) is 0 Å². The number of aliphatic carboxylic acids is 2. The average molecular weight is 684 g/mol. The smallest absolute Gasteiger partial charge is 0.550 e. The van der Waals surface area contributed by atoms with Crippen molar-refractivity contribution in [2.75, 3.05) is 0 Å². The normalized spacial score (nSPS) is 20.9. The number of phenolic OH excluding ortho intramolecular Hbond substituents is 2. The van der Waals surface area contributed by atoms with Crippen LogP contribution in [0.5, 0.6) is 11.5 Å². The van der Waals surface area contributed by atoms with Gasteiger partial charge in [-0.2, -0.15) is 0 Å². The third-order valence-electron chi connectivity index (χ3n) is 8.05. The molecule has 2 aliphatic carbocycles. The molecule has 2 fully saturated rings. The second-order valence-corrected chi connectivity index (χ2v) is 24.1. The number of carbonyl (C=O) groups is 2. The van der Waals surface area contributed by atoms with Gasteiger partial charge in [0.2, 0.25) is 0 Å². The van der Waals surface area contributed by atoms with E-state index >= 15 is 0 Å². The number of phenols is 2. The predicted octanol–water partition coefficient (Wildman–Crippen LogP) is 3.16. The summed E-state index contributed by atoms with van der Waals surface area (Å²) in [6, 6.07) is 8.64. The zero-order valence-corrected chi connectivity index (χ0v) is 30.7. The van der Waals surface area contributed by atoms with Gasteiger partial charge in [-0.25, -0.2) is 0 Å². The van der Waals surface area contributed by atoms with Gasteiger partial charge >= 0.3 is 16.8 Å². The van der Waals surface area contributed by atoms with Crippen LogP contribution in [0, 0.1) is 19.8 Å². The summed E-state index contributed by atoms with van der Waals surface area (Å²) in [6.45, 7) is 19.9. The Balaban J connectivity index is 0.000000962. The Hall–Kier alpha value is -2.74. The molecule has 0 saturated heterocycles. The van der Waals surface area contributed by atoms with Crippen molar-refractivity contribution in [3.05, 3.63) is 46.5 Å². The van der Waals surface area contributed by atoms with E-state index in [9.17, 15) is 10.2 Å². The summed E-state index contributed by atoms with van der Waals surface area (Å²) in [5.74, 6) is -0.843. The van der Waals surface area contributed by atoms with Crippen LogP contribution in [0.1, 0.15) is 61.8 Å². The molecule has 2 aromatic carbocycles. The predicted molar refractivity (Wildman–Crippen MR) is 177 cm³/mol. The van der Waals surface area contributed by atoms with Gasteiger partial charge in [-0.15, -0.1) is 0 Å². The van der Waals surface area contributed by atoms with E-state index in [-0.39, 0.29) is 28.4 Å². The number of carboxylic acid groups (broad SMARTS) is 2. The van der Waals surface area contributed by atoms with Gasteiger partial charge in [-0.3, -0.25) is 9.98 Å². The summed E-state index contributed by atoms with van der Waals surface area (Å²) in [7, 11) is -3.01. The van der Waals surface area contributed by atoms with Crippen LogP contribution in [0.25, 0.3) is 0 Å². The first-order valence-corrected chi connectivity index (χ1v) is 21.8. The largest absolute Gasteiger partial charge is 2.00 e. The Morgan fingerprint density at radius 2 is 1.25 bits per heavy atom. The van der Waals surface area contributed by atoms with Crippen molar-refractivity contribution >= 4 is 50.9 Å². The topological polar surface area (TPSA) is 145 Å². The molecular weight excluding hydrogens is 635 g/mol. The third kappa shape index (κ3) is 10.7. The number of aliphatic imine (C=N–C) groups is 2. The first kappa shape index (κ1) is 39.3. The average Bonchev–Trinajstić information content (AvgIpc) is 3.42. The summed E-state index contributed by atoms with van der Waals surface area (Å²) in [6.07, 6.45) is 8.13. The van der Waals surface area contributed by atoms with E-state index < -0.39 is 28.1 Å². The van der Waals surface area contributed by atoms with Crippen LogP contribution in [-0.2, 0) is 26.4 Å². The Bertz CT molecular complexity index is 1380. The van der Waals surface area contributed by atoms with Crippen molar-refractivity contribution in [3.8, 4) is 11.5 Å². The van der Waals surface area contributed by atoms with Crippen LogP contribution in [0.4, 0.5) is 0 Å². The maximum Gasteiger partial charge on any atom is 2.00 e. The van der Waals surface area contributed by atoms with Crippen LogP contribution in [0.15, 0.2) is 34.3 Å². The number of hydrogen-bond donors (Lipinski definition) is 2. The maximum atomic E-state index is 10.8. The molecule has 2 aliphatic rings. The van der Waals surface area contributed by atoms with E-state index in [1.807, 2.05) is 26.3 Å². The minimum absolute atomic E-state index is 0.